The summed E-state index contributed by atoms with van der Waals surface area (Å²) in [6.45, 7) is 5.14. The van der Waals surface area contributed by atoms with Gasteiger partial charge in [-0.2, -0.15) is 0 Å². The summed E-state index contributed by atoms with van der Waals surface area (Å²) in [7, 11) is 2.05. The van der Waals surface area contributed by atoms with E-state index in [1.807, 2.05) is 12.1 Å². The molecule has 0 bridgehead atoms. The first kappa shape index (κ1) is 16.0. The van der Waals surface area contributed by atoms with E-state index < -0.39 is 0 Å². The van der Waals surface area contributed by atoms with Crippen LogP contribution in [0.2, 0.25) is 0 Å². The number of hydrogen-bond donors (Lipinski definition) is 1. The fraction of sp³-hybridized carbons (Fsp3) is 0.647. The molecule has 108 valence electrons. The van der Waals surface area contributed by atoms with Crippen LogP contribution < -0.4 is 10.1 Å². The minimum absolute atomic E-state index is 0.585. The monoisotopic (exact) mass is 263 g/mol. The average molecular weight is 263 g/mol. The molecule has 1 unspecified atom stereocenters. The van der Waals surface area contributed by atoms with E-state index >= 15 is 0 Å². The van der Waals surface area contributed by atoms with Gasteiger partial charge in [-0.15, -0.1) is 0 Å². The van der Waals surface area contributed by atoms with Gasteiger partial charge in [0.25, 0.3) is 0 Å². The van der Waals surface area contributed by atoms with Gasteiger partial charge in [0.05, 0.1) is 6.61 Å². The first-order chi connectivity index (χ1) is 9.26. The van der Waals surface area contributed by atoms with Crippen LogP contribution in [0, 0.1) is 6.92 Å². The normalized spacial score (nSPS) is 12.4. The highest BCUT2D eigenvalue weighted by Gasteiger charge is 2.06. The lowest BCUT2D eigenvalue weighted by Gasteiger charge is -2.16. The number of ether oxygens (including phenoxy) is 1. The SMILES string of the molecule is CCCCCCC(CCOc1cccc(C)c1)NC. The van der Waals surface area contributed by atoms with Crippen molar-refractivity contribution >= 4 is 0 Å². The molecule has 0 saturated heterocycles. The molecular formula is C17H29NO. The van der Waals surface area contributed by atoms with Crippen LogP contribution in [0.15, 0.2) is 24.3 Å². The van der Waals surface area contributed by atoms with Gasteiger partial charge >= 0.3 is 0 Å². The minimum Gasteiger partial charge on any atom is -0.494 e. The van der Waals surface area contributed by atoms with Crippen molar-refractivity contribution in [2.24, 2.45) is 0 Å². The Morgan fingerprint density at radius 1 is 1.16 bits per heavy atom. The van der Waals surface area contributed by atoms with Crippen LogP contribution >= 0.6 is 0 Å². The second-order valence-electron chi connectivity index (χ2n) is 5.29. The second-order valence-corrected chi connectivity index (χ2v) is 5.29. The Kier molecular flexibility index (Phi) is 8.31. The summed E-state index contributed by atoms with van der Waals surface area (Å²) < 4.78 is 5.81. The van der Waals surface area contributed by atoms with E-state index in [9.17, 15) is 0 Å². The minimum atomic E-state index is 0.585. The Labute approximate surface area is 118 Å². The molecular weight excluding hydrogens is 234 g/mol. The molecule has 0 saturated carbocycles. The van der Waals surface area contributed by atoms with E-state index in [-0.39, 0.29) is 0 Å². The number of aryl methyl sites for hydroxylation is 1. The molecule has 0 amide bonds. The van der Waals surface area contributed by atoms with E-state index in [0.29, 0.717) is 6.04 Å². The van der Waals surface area contributed by atoms with Crippen molar-refractivity contribution in [1.29, 1.82) is 0 Å². The summed E-state index contributed by atoms with van der Waals surface area (Å²) in [5.74, 6) is 0.987. The Morgan fingerprint density at radius 2 is 2.00 bits per heavy atom. The van der Waals surface area contributed by atoms with Gasteiger partial charge < -0.3 is 10.1 Å². The molecule has 1 aromatic rings. The van der Waals surface area contributed by atoms with Crippen LogP contribution in [-0.2, 0) is 0 Å². The van der Waals surface area contributed by atoms with Crippen LogP contribution in [0.4, 0.5) is 0 Å². The third kappa shape index (κ3) is 7.22. The third-order valence-corrected chi connectivity index (χ3v) is 3.54. The fourth-order valence-electron chi connectivity index (χ4n) is 2.27. The van der Waals surface area contributed by atoms with Crippen molar-refractivity contribution in [3.05, 3.63) is 29.8 Å². The molecule has 0 heterocycles. The molecule has 1 rings (SSSR count). The highest BCUT2D eigenvalue weighted by Crippen LogP contribution is 2.14. The van der Waals surface area contributed by atoms with Crippen molar-refractivity contribution < 1.29 is 4.74 Å². The highest BCUT2D eigenvalue weighted by molar-refractivity contribution is 5.27. The predicted molar refractivity (Wildman–Crippen MR) is 82.9 cm³/mol. The molecule has 1 atom stereocenters. The van der Waals surface area contributed by atoms with Crippen molar-refractivity contribution in [2.75, 3.05) is 13.7 Å². The number of hydrogen-bond acceptors (Lipinski definition) is 2. The first-order valence-corrected chi connectivity index (χ1v) is 7.63. The molecule has 2 nitrogen and oxygen atoms in total. The van der Waals surface area contributed by atoms with Crippen LogP contribution in [-0.4, -0.2) is 19.7 Å². The topological polar surface area (TPSA) is 21.3 Å². The fourth-order valence-corrected chi connectivity index (χ4v) is 2.27. The summed E-state index contributed by atoms with van der Waals surface area (Å²) >= 11 is 0. The van der Waals surface area contributed by atoms with E-state index in [1.54, 1.807) is 0 Å². The van der Waals surface area contributed by atoms with Gasteiger partial charge in [-0.25, -0.2) is 0 Å². The summed E-state index contributed by atoms with van der Waals surface area (Å²) in [4.78, 5) is 0. The Morgan fingerprint density at radius 3 is 2.68 bits per heavy atom. The van der Waals surface area contributed by atoms with E-state index in [1.165, 1.54) is 37.7 Å². The van der Waals surface area contributed by atoms with Gasteiger partial charge in [0.2, 0.25) is 0 Å². The summed E-state index contributed by atoms with van der Waals surface area (Å²) in [5.41, 5.74) is 1.25. The first-order valence-electron chi connectivity index (χ1n) is 7.63. The number of nitrogens with one attached hydrogen (secondary N) is 1. The van der Waals surface area contributed by atoms with Crippen LogP contribution in [0.25, 0.3) is 0 Å². The lowest BCUT2D eigenvalue weighted by Crippen LogP contribution is -2.27. The van der Waals surface area contributed by atoms with Gasteiger partial charge in [-0.1, -0.05) is 44.7 Å². The van der Waals surface area contributed by atoms with Gasteiger partial charge in [-0.05, 0) is 44.5 Å². The largest absolute Gasteiger partial charge is 0.494 e. The Bertz CT molecular complexity index is 338. The molecule has 0 aliphatic rings. The lowest BCUT2D eigenvalue weighted by atomic mass is 10.1. The highest BCUT2D eigenvalue weighted by atomic mass is 16.5. The van der Waals surface area contributed by atoms with Gasteiger partial charge in [0, 0.05) is 6.04 Å². The van der Waals surface area contributed by atoms with Crippen molar-refractivity contribution in [3.8, 4) is 5.75 Å². The van der Waals surface area contributed by atoms with Crippen molar-refractivity contribution in [1.82, 2.24) is 5.32 Å². The zero-order chi connectivity index (χ0) is 13.9. The number of unbranched alkanes of at least 4 members (excludes halogenated alkanes) is 3. The van der Waals surface area contributed by atoms with Crippen LogP contribution in [0.5, 0.6) is 5.75 Å². The Balaban J connectivity index is 2.18. The molecule has 19 heavy (non-hydrogen) atoms. The third-order valence-electron chi connectivity index (χ3n) is 3.54. The van der Waals surface area contributed by atoms with Crippen molar-refractivity contribution in [3.63, 3.8) is 0 Å². The smallest absolute Gasteiger partial charge is 0.119 e. The molecule has 1 aromatic carbocycles. The predicted octanol–water partition coefficient (Wildman–Crippen LogP) is 4.32. The molecule has 0 aromatic heterocycles. The van der Waals surface area contributed by atoms with E-state index in [2.05, 4.69) is 38.3 Å². The standard InChI is InChI=1S/C17H29NO/c1-4-5-6-7-10-16(18-3)12-13-19-17-11-8-9-15(2)14-17/h8-9,11,14,16,18H,4-7,10,12-13H2,1-3H3. The molecule has 0 fully saturated rings. The van der Waals surface area contributed by atoms with Gasteiger partial charge in [0.15, 0.2) is 0 Å². The average Bonchev–Trinajstić information content (AvgIpc) is 2.41. The summed E-state index contributed by atoms with van der Waals surface area (Å²) in [5, 5.41) is 3.40. The zero-order valence-electron chi connectivity index (χ0n) is 12.7. The zero-order valence-corrected chi connectivity index (χ0v) is 12.7. The second kappa shape index (κ2) is 9.85. The molecule has 0 radical (unpaired) electrons. The number of rotatable bonds is 10. The quantitative estimate of drug-likeness (QED) is 0.635. The van der Waals surface area contributed by atoms with E-state index in [0.717, 1.165) is 18.8 Å². The van der Waals surface area contributed by atoms with Gasteiger partial charge in [0.1, 0.15) is 5.75 Å². The summed E-state index contributed by atoms with van der Waals surface area (Å²) in [6, 6.07) is 8.85. The molecule has 0 aliphatic carbocycles. The number of benzene rings is 1. The van der Waals surface area contributed by atoms with Gasteiger partial charge in [-0.3, -0.25) is 0 Å². The molecule has 2 heteroatoms. The maximum atomic E-state index is 5.81. The maximum absolute atomic E-state index is 5.81. The lowest BCUT2D eigenvalue weighted by molar-refractivity contribution is 0.282. The van der Waals surface area contributed by atoms with Crippen molar-refractivity contribution in [2.45, 2.75) is 58.4 Å². The van der Waals surface area contributed by atoms with Crippen LogP contribution in [0.3, 0.4) is 0 Å². The van der Waals surface area contributed by atoms with Crippen LogP contribution in [0.1, 0.15) is 51.0 Å². The maximum Gasteiger partial charge on any atom is 0.119 e. The summed E-state index contributed by atoms with van der Waals surface area (Å²) in [6.07, 6.45) is 7.68. The Hall–Kier alpha value is -1.02. The van der Waals surface area contributed by atoms with E-state index in [4.69, 9.17) is 4.74 Å². The molecule has 1 N–H and O–H groups in total. The molecule has 0 spiro atoms. The molecule has 0 aliphatic heterocycles.